The molecule has 0 radical (unpaired) electrons. The van der Waals surface area contributed by atoms with Crippen LogP contribution < -0.4 is 5.11 Å². The predicted molar refractivity (Wildman–Crippen MR) is 170 cm³/mol. The van der Waals surface area contributed by atoms with Crippen molar-refractivity contribution in [3.05, 3.63) is 12.2 Å². The van der Waals surface area contributed by atoms with Gasteiger partial charge in [0.05, 0.1) is 39.0 Å². The first-order chi connectivity index (χ1) is 20.3. The quantitative estimate of drug-likeness (QED) is 0.0451. The summed E-state index contributed by atoms with van der Waals surface area (Å²) in [6.07, 6.45) is 30.9. The van der Waals surface area contributed by atoms with Gasteiger partial charge in [-0.2, -0.15) is 0 Å². The van der Waals surface area contributed by atoms with Gasteiger partial charge in [-0.05, 0) is 44.9 Å². The molecule has 0 fully saturated rings. The number of carboxylic acids is 3. The van der Waals surface area contributed by atoms with Gasteiger partial charge in [0.1, 0.15) is 0 Å². The lowest BCUT2D eigenvalue weighted by Crippen LogP contribution is -2.51. The fraction of sp³-hybridized carbons (Fsp3) is 0.857. The van der Waals surface area contributed by atoms with Gasteiger partial charge in [-0.25, -0.2) is 0 Å². The zero-order chi connectivity index (χ0) is 31.2. The number of quaternary nitrogens is 1. The first kappa shape index (κ1) is 40.1. The molecule has 0 aromatic heterocycles. The summed E-state index contributed by atoms with van der Waals surface area (Å²) in [5.41, 5.74) is 0. The Morgan fingerprint density at radius 2 is 0.833 bits per heavy atom. The molecule has 0 spiro atoms. The summed E-state index contributed by atoms with van der Waals surface area (Å²) in [5, 5.41) is 29.1. The van der Waals surface area contributed by atoms with Gasteiger partial charge in [0.15, 0.2) is 0 Å². The van der Waals surface area contributed by atoms with E-state index in [0.29, 0.717) is 43.4 Å². The van der Waals surface area contributed by atoms with Crippen molar-refractivity contribution in [1.29, 1.82) is 0 Å². The molecule has 246 valence electrons. The number of carbonyl (C=O) groups excluding carboxylic acids is 1. The molecule has 0 rings (SSSR count). The average molecular weight is 596 g/mol. The van der Waals surface area contributed by atoms with Crippen LogP contribution in [0.15, 0.2) is 12.2 Å². The molecule has 0 aliphatic carbocycles. The molecule has 2 N–H and O–H groups in total. The average Bonchev–Trinajstić information content (AvgIpc) is 2.93. The lowest BCUT2D eigenvalue weighted by atomic mass is 10.0. The summed E-state index contributed by atoms with van der Waals surface area (Å²) >= 11 is 0. The van der Waals surface area contributed by atoms with Gasteiger partial charge in [0.25, 0.3) is 0 Å². The molecular weight excluding hydrogens is 530 g/mol. The summed E-state index contributed by atoms with van der Waals surface area (Å²) < 4.78 is 0.607. The van der Waals surface area contributed by atoms with Crippen LogP contribution in [-0.4, -0.2) is 58.8 Å². The Balaban J connectivity index is 4.08. The fourth-order valence-electron chi connectivity index (χ4n) is 5.94. The molecule has 0 saturated heterocycles. The molecule has 0 aliphatic rings. The molecule has 0 bridgehead atoms. The molecule has 0 aromatic rings. The highest BCUT2D eigenvalue weighted by atomic mass is 16.4. The first-order valence-corrected chi connectivity index (χ1v) is 17.4. The van der Waals surface area contributed by atoms with Crippen molar-refractivity contribution in [2.75, 3.05) is 26.2 Å². The second kappa shape index (κ2) is 29.2. The van der Waals surface area contributed by atoms with E-state index in [1.807, 2.05) is 0 Å². The third-order valence-corrected chi connectivity index (χ3v) is 8.45. The fourth-order valence-corrected chi connectivity index (χ4v) is 5.94. The van der Waals surface area contributed by atoms with Crippen molar-refractivity contribution in [1.82, 2.24) is 0 Å². The monoisotopic (exact) mass is 595 g/mol. The number of allylic oxidation sites excluding steroid dienone is 2. The number of hydrogen-bond donors (Lipinski definition) is 2. The largest absolute Gasteiger partial charge is 0.550 e. The summed E-state index contributed by atoms with van der Waals surface area (Å²) in [6.45, 7) is 5.02. The Kier molecular flexibility index (Phi) is 27.9. The van der Waals surface area contributed by atoms with Crippen LogP contribution in [-0.2, 0) is 14.4 Å². The van der Waals surface area contributed by atoms with Crippen LogP contribution >= 0.6 is 0 Å². The summed E-state index contributed by atoms with van der Waals surface area (Å²) in [6, 6.07) is 0. The third-order valence-electron chi connectivity index (χ3n) is 8.45. The third kappa shape index (κ3) is 28.2. The van der Waals surface area contributed by atoms with Crippen molar-refractivity contribution in [2.24, 2.45) is 0 Å². The summed E-state index contributed by atoms with van der Waals surface area (Å²) in [5.74, 6) is -2.75. The topological polar surface area (TPSA) is 115 Å². The van der Waals surface area contributed by atoms with Crippen molar-refractivity contribution in [3.63, 3.8) is 0 Å². The van der Waals surface area contributed by atoms with E-state index in [9.17, 15) is 19.5 Å². The normalized spacial score (nSPS) is 11.8. The van der Waals surface area contributed by atoms with Crippen molar-refractivity contribution in [2.45, 2.75) is 167 Å². The van der Waals surface area contributed by atoms with Crippen LogP contribution in [0.1, 0.15) is 167 Å². The first-order valence-electron chi connectivity index (χ1n) is 17.4. The van der Waals surface area contributed by atoms with Crippen LogP contribution in [0.25, 0.3) is 0 Å². The van der Waals surface area contributed by atoms with Crippen LogP contribution in [0.3, 0.4) is 0 Å². The predicted octanol–water partition coefficient (Wildman–Crippen LogP) is 8.05. The number of carbonyl (C=O) groups is 3. The number of aliphatic carboxylic acids is 3. The van der Waals surface area contributed by atoms with E-state index in [-0.39, 0.29) is 19.3 Å². The minimum atomic E-state index is -1.08. The molecule has 7 nitrogen and oxygen atoms in total. The molecule has 0 amide bonds. The Morgan fingerprint density at radius 3 is 1.21 bits per heavy atom. The standard InChI is InChI=1S/C35H65NO6/c1-2-3-4-5-6-7-8-9-10-11-12-13-14-15-16-17-18-19-20-21-22-29-36(30-23-26-33(37)38,31-24-27-34(39)40)32-25-28-35(41)42/h15-16H,2-14,17-32H2,1H3,(H2-,37,38,39,40,41,42)/b16-15+. The van der Waals surface area contributed by atoms with Gasteiger partial charge in [0.2, 0.25) is 0 Å². The summed E-state index contributed by atoms with van der Waals surface area (Å²) in [4.78, 5) is 33.1. The van der Waals surface area contributed by atoms with E-state index in [1.165, 1.54) is 96.3 Å². The molecule has 0 heterocycles. The maximum atomic E-state index is 11.1. The maximum Gasteiger partial charge on any atom is 0.303 e. The highest BCUT2D eigenvalue weighted by molar-refractivity contribution is 5.66. The van der Waals surface area contributed by atoms with Crippen LogP contribution in [0.2, 0.25) is 0 Å². The maximum absolute atomic E-state index is 11.1. The van der Waals surface area contributed by atoms with E-state index < -0.39 is 17.9 Å². The van der Waals surface area contributed by atoms with E-state index in [0.717, 1.165) is 32.2 Å². The van der Waals surface area contributed by atoms with Crippen molar-refractivity contribution >= 4 is 17.9 Å². The van der Waals surface area contributed by atoms with E-state index in [4.69, 9.17) is 10.2 Å². The van der Waals surface area contributed by atoms with Crippen LogP contribution in [0.5, 0.6) is 0 Å². The molecular formula is C35H65NO6. The second-order valence-corrected chi connectivity index (χ2v) is 12.4. The SMILES string of the molecule is CCCCCCCCCCCCCC/C=C/CCCCCCC[N+](CCCC(=O)[O-])(CCCC(=O)O)CCCC(=O)O. The molecule has 0 aromatic carbocycles. The molecule has 42 heavy (non-hydrogen) atoms. The minimum absolute atomic E-state index is 0.0231. The Bertz CT molecular complexity index is 643. The van der Waals surface area contributed by atoms with E-state index in [1.54, 1.807) is 0 Å². The molecule has 7 heteroatoms. The Hall–Kier alpha value is -1.89. The summed E-state index contributed by atoms with van der Waals surface area (Å²) in [7, 11) is 0. The number of hydrogen-bond acceptors (Lipinski definition) is 4. The number of rotatable bonds is 33. The smallest absolute Gasteiger partial charge is 0.303 e. The molecule has 0 aliphatic heterocycles. The zero-order valence-corrected chi connectivity index (χ0v) is 27.1. The molecule has 0 atom stereocenters. The molecule has 0 saturated carbocycles. The lowest BCUT2D eigenvalue weighted by molar-refractivity contribution is -0.929. The van der Waals surface area contributed by atoms with E-state index >= 15 is 0 Å². The zero-order valence-electron chi connectivity index (χ0n) is 27.1. The van der Waals surface area contributed by atoms with Crippen LogP contribution in [0.4, 0.5) is 0 Å². The van der Waals surface area contributed by atoms with Gasteiger partial charge in [0, 0.05) is 25.2 Å². The Labute approximate surface area is 257 Å². The number of carboxylic acid groups (broad SMARTS) is 3. The highest BCUT2D eigenvalue weighted by Crippen LogP contribution is 2.18. The van der Waals surface area contributed by atoms with Gasteiger partial charge < -0.3 is 24.6 Å². The second-order valence-electron chi connectivity index (χ2n) is 12.4. The van der Waals surface area contributed by atoms with Crippen molar-refractivity contribution in [3.8, 4) is 0 Å². The van der Waals surface area contributed by atoms with Crippen LogP contribution in [0, 0.1) is 0 Å². The Morgan fingerprint density at radius 1 is 0.500 bits per heavy atom. The van der Waals surface area contributed by atoms with Gasteiger partial charge in [-0.1, -0.05) is 103 Å². The van der Waals surface area contributed by atoms with Gasteiger partial charge >= 0.3 is 11.9 Å². The number of nitrogens with zero attached hydrogens (tertiary/aromatic N) is 1. The highest BCUT2D eigenvalue weighted by Gasteiger charge is 2.26. The lowest BCUT2D eigenvalue weighted by Gasteiger charge is -2.39. The molecule has 0 unspecified atom stereocenters. The van der Waals surface area contributed by atoms with E-state index in [2.05, 4.69) is 19.1 Å². The minimum Gasteiger partial charge on any atom is -0.550 e. The van der Waals surface area contributed by atoms with Gasteiger partial charge in [-0.3, -0.25) is 9.59 Å². The van der Waals surface area contributed by atoms with Crippen molar-refractivity contribution < 1.29 is 34.2 Å². The number of unbranched alkanes of at least 4 members (excludes halogenated alkanes) is 17. The van der Waals surface area contributed by atoms with Gasteiger partial charge in [-0.15, -0.1) is 0 Å².